The Bertz CT molecular complexity index is 355. The van der Waals surface area contributed by atoms with E-state index in [9.17, 15) is 0 Å². The molecule has 1 aliphatic carbocycles. The van der Waals surface area contributed by atoms with Crippen LogP contribution in [0.15, 0.2) is 30.3 Å². The Morgan fingerprint density at radius 2 is 1.65 bits per heavy atom. The highest BCUT2D eigenvalue weighted by Gasteiger charge is 2.17. The number of hydrogen-bond acceptors (Lipinski definition) is 2. The van der Waals surface area contributed by atoms with Crippen LogP contribution >= 0.6 is 0 Å². The van der Waals surface area contributed by atoms with E-state index in [0.717, 1.165) is 19.0 Å². The molecule has 0 aliphatic heterocycles. The predicted molar refractivity (Wildman–Crippen MR) is 86.8 cm³/mol. The maximum Gasteiger partial charge on any atom is 0.0234 e. The fraction of sp³-hybridized carbons (Fsp3) is 0.667. The molecule has 0 aromatic heterocycles. The minimum absolute atomic E-state index is 0.926. The molecule has 0 atom stereocenters. The van der Waals surface area contributed by atoms with Gasteiger partial charge >= 0.3 is 0 Å². The fourth-order valence-corrected chi connectivity index (χ4v) is 3.15. The summed E-state index contributed by atoms with van der Waals surface area (Å²) in [6.45, 7) is 4.71. The van der Waals surface area contributed by atoms with Gasteiger partial charge in [-0.2, -0.15) is 0 Å². The molecule has 0 N–H and O–H groups in total. The Morgan fingerprint density at radius 1 is 0.950 bits per heavy atom. The van der Waals surface area contributed by atoms with Gasteiger partial charge in [0.1, 0.15) is 0 Å². The molecule has 2 rings (SSSR count). The molecule has 0 unspecified atom stereocenters. The van der Waals surface area contributed by atoms with E-state index in [1.165, 1.54) is 50.8 Å². The van der Waals surface area contributed by atoms with Crippen molar-refractivity contribution in [3.63, 3.8) is 0 Å². The van der Waals surface area contributed by atoms with Gasteiger partial charge in [0.25, 0.3) is 0 Å². The standard InChI is InChI=1S/C18H30N2/c1-19(2)13-14-20(15-17-9-5-3-6-10-17)16-18-11-7-4-8-12-18/h3,5-6,9-10,18H,4,7-8,11-16H2,1-2H3. The van der Waals surface area contributed by atoms with Gasteiger partial charge in [-0.05, 0) is 38.4 Å². The van der Waals surface area contributed by atoms with Crippen molar-refractivity contribution in [1.82, 2.24) is 9.80 Å². The first-order valence-electron chi connectivity index (χ1n) is 8.15. The summed E-state index contributed by atoms with van der Waals surface area (Å²) in [4.78, 5) is 4.95. The van der Waals surface area contributed by atoms with E-state index in [-0.39, 0.29) is 0 Å². The second-order valence-corrected chi connectivity index (χ2v) is 6.53. The molecule has 2 heteroatoms. The number of likely N-dealkylation sites (N-methyl/N-ethyl adjacent to an activating group) is 1. The van der Waals surface area contributed by atoms with E-state index < -0.39 is 0 Å². The van der Waals surface area contributed by atoms with Gasteiger partial charge in [0, 0.05) is 26.2 Å². The van der Waals surface area contributed by atoms with Gasteiger partial charge in [-0.25, -0.2) is 0 Å². The van der Waals surface area contributed by atoms with Gasteiger partial charge in [0.15, 0.2) is 0 Å². The largest absolute Gasteiger partial charge is 0.308 e. The summed E-state index contributed by atoms with van der Waals surface area (Å²) in [5.74, 6) is 0.926. The van der Waals surface area contributed by atoms with Gasteiger partial charge in [0.2, 0.25) is 0 Å². The number of nitrogens with zero attached hydrogens (tertiary/aromatic N) is 2. The first-order chi connectivity index (χ1) is 9.74. The quantitative estimate of drug-likeness (QED) is 0.749. The van der Waals surface area contributed by atoms with E-state index >= 15 is 0 Å². The van der Waals surface area contributed by atoms with Crippen LogP contribution in [0.2, 0.25) is 0 Å². The SMILES string of the molecule is CN(C)CCN(Cc1ccccc1)CC1CCCCC1. The third-order valence-corrected chi connectivity index (χ3v) is 4.35. The zero-order chi connectivity index (χ0) is 14.2. The lowest BCUT2D eigenvalue weighted by atomic mass is 9.89. The lowest BCUT2D eigenvalue weighted by Crippen LogP contribution is -2.35. The Morgan fingerprint density at radius 3 is 2.30 bits per heavy atom. The van der Waals surface area contributed by atoms with Crippen LogP contribution in [0, 0.1) is 5.92 Å². The van der Waals surface area contributed by atoms with Crippen molar-refractivity contribution in [3.05, 3.63) is 35.9 Å². The van der Waals surface area contributed by atoms with Crippen LogP contribution in [0.5, 0.6) is 0 Å². The summed E-state index contributed by atoms with van der Waals surface area (Å²) in [5.41, 5.74) is 1.45. The highest BCUT2D eigenvalue weighted by Crippen LogP contribution is 2.24. The molecule has 0 radical (unpaired) electrons. The lowest BCUT2D eigenvalue weighted by molar-refractivity contribution is 0.179. The summed E-state index contributed by atoms with van der Waals surface area (Å²) in [5, 5.41) is 0. The highest BCUT2D eigenvalue weighted by atomic mass is 15.2. The first-order valence-corrected chi connectivity index (χ1v) is 8.15. The normalized spacial score (nSPS) is 17.0. The number of benzene rings is 1. The molecule has 0 saturated heterocycles. The van der Waals surface area contributed by atoms with E-state index in [0.29, 0.717) is 0 Å². The smallest absolute Gasteiger partial charge is 0.0234 e. The summed E-state index contributed by atoms with van der Waals surface area (Å²) in [6.07, 6.45) is 7.21. The van der Waals surface area contributed by atoms with Crippen LogP contribution in [0.3, 0.4) is 0 Å². The molecule has 1 aliphatic rings. The predicted octanol–water partition coefficient (Wildman–Crippen LogP) is 3.63. The Kier molecular flexibility index (Phi) is 6.55. The third-order valence-electron chi connectivity index (χ3n) is 4.35. The molecule has 0 amide bonds. The van der Waals surface area contributed by atoms with E-state index in [1.54, 1.807) is 0 Å². The van der Waals surface area contributed by atoms with Crippen LogP contribution < -0.4 is 0 Å². The third kappa shape index (κ3) is 5.64. The molecular weight excluding hydrogens is 244 g/mol. The molecule has 0 heterocycles. The van der Waals surface area contributed by atoms with Crippen LogP contribution in [0.4, 0.5) is 0 Å². The maximum absolute atomic E-state index is 2.66. The topological polar surface area (TPSA) is 6.48 Å². The molecule has 0 spiro atoms. The van der Waals surface area contributed by atoms with E-state index in [4.69, 9.17) is 0 Å². The zero-order valence-corrected chi connectivity index (χ0v) is 13.2. The van der Waals surface area contributed by atoms with E-state index in [1.807, 2.05) is 0 Å². The minimum atomic E-state index is 0.926. The Balaban J connectivity index is 1.88. The molecule has 112 valence electrons. The lowest BCUT2D eigenvalue weighted by Gasteiger charge is -2.30. The monoisotopic (exact) mass is 274 g/mol. The molecular formula is C18H30N2. The van der Waals surface area contributed by atoms with Crippen molar-refractivity contribution in [1.29, 1.82) is 0 Å². The summed E-state index contributed by atoms with van der Waals surface area (Å²) in [7, 11) is 4.34. The average Bonchev–Trinajstić information content (AvgIpc) is 2.47. The number of hydrogen-bond donors (Lipinski definition) is 0. The Hall–Kier alpha value is -0.860. The second kappa shape index (κ2) is 8.43. The van der Waals surface area contributed by atoms with Crippen molar-refractivity contribution < 1.29 is 0 Å². The van der Waals surface area contributed by atoms with Crippen molar-refractivity contribution in [2.24, 2.45) is 5.92 Å². The summed E-state index contributed by atoms with van der Waals surface area (Å²) >= 11 is 0. The van der Waals surface area contributed by atoms with Crippen LogP contribution in [-0.4, -0.2) is 43.5 Å². The molecule has 1 fully saturated rings. The molecule has 1 aromatic carbocycles. The summed E-state index contributed by atoms with van der Waals surface area (Å²) in [6, 6.07) is 10.9. The second-order valence-electron chi connectivity index (χ2n) is 6.53. The molecule has 1 saturated carbocycles. The van der Waals surface area contributed by atoms with Gasteiger partial charge < -0.3 is 4.90 Å². The van der Waals surface area contributed by atoms with Crippen LogP contribution in [-0.2, 0) is 6.54 Å². The highest BCUT2D eigenvalue weighted by molar-refractivity contribution is 5.14. The van der Waals surface area contributed by atoms with Gasteiger partial charge in [-0.1, -0.05) is 49.6 Å². The van der Waals surface area contributed by atoms with Crippen LogP contribution in [0.25, 0.3) is 0 Å². The fourth-order valence-electron chi connectivity index (χ4n) is 3.15. The molecule has 0 bridgehead atoms. The van der Waals surface area contributed by atoms with Gasteiger partial charge in [0.05, 0.1) is 0 Å². The number of rotatable bonds is 7. The van der Waals surface area contributed by atoms with Crippen molar-refractivity contribution in [2.75, 3.05) is 33.7 Å². The molecule has 1 aromatic rings. The zero-order valence-electron chi connectivity index (χ0n) is 13.2. The van der Waals surface area contributed by atoms with Crippen molar-refractivity contribution in [3.8, 4) is 0 Å². The molecule has 2 nitrogen and oxygen atoms in total. The van der Waals surface area contributed by atoms with Crippen LogP contribution in [0.1, 0.15) is 37.7 Å². The van der Waals surface area contributed by atoms with E-state index in [2.05, 4.69) is 54.2 Å². The Labute approximate surface area is 124 Å². The van der Waals surface area contributed by atoms with Crippen molar-refractivity contribution >= 4 is 0 Å². The average molecular weight is 274 g/mol. The summed E-state index contributed by atoms with van der Waals surface area (Å²) < 4.78 is 0. The first kappa shape index (κ1) is 15.5. The maximum atomic E-state index is 2.66. The van der Waals surface area contributed by atoms with Crippen molar-refractivity contribution in [2.45, 2.75) is 38.6 Å². The van der Waals surface area contributed by atoms with Gasteiger partial charge in [-0.3, -0.25) is 4.90 Å². The van der Waals surface area contributed by atoms with Gasteiger partial charge in [-0.15, -0.1) is 0 Å². The minimum Gasteiger partial charge on any atom is -0.308 e. The molecule has 20 heavy (non-hydrogen) atoms.